The molecule has 0 heterocycles. The van der Waals surface area contributed by atoms with Crippen molar-refractivity contribution in [2.75, 3.05) is 6.54 Å². The SMILES string of the molecule is C=C(CCCCCCCN)CCCC(CCCCC)CCCCC. The van der Waals surface area contributed by atoms with Crippen molar-refractivity contribution in [1.29, 1.82) is 0 Å². The number of allylic oxidation sites excluding steroid dienone is 1. The average molecular weight is 338 g/mol. The van der Waals surface area contributed by atoms with Gasteiger partial charge in [0.15, 0.2) is 0 Å². The van der Waals surface area contributed by atoms with Crippen LogP contribution < -0.4 is 5.73 Å². The van der Waals surface area contributed by atoms with E-state index >= 15 is 0 Å². The molecule has 144 valence electrons. The van der Waals surface area contributed by atoms with Crippen LogP contribution in [0.25, 0.3) is 0 Å². The summed E-state index contributed by atoms with van der Waals surface area (Å²) < 4.78 is 0. The lowest BCUT2D eigenvalue weighted by Crippen LogP contribution is -2.01. The van der Waals surface area contributed by atoms with E-state index in [0.717, 1.165) is 12.5 Å². The molecule has 0 aromatic rings. The quantitative estimate of drug-likeness (QED) is 0.189. The molecule has 0 amide bonds. The summed E-state index contributed by atoms with van der Waals surface area (Å²) >= 11 is 0. The first kappa shape index (κ1) is 23.7. The monoisotopic (exact) mass is 337 g/mol. The van der Waals surface area contributed by atoms with E-state index < -0.39 is 0 Å². The zero-order valence-electron chi connectivity index (χ0n) is 17.1. The van der Waals surface area contributed by atoms with Gasteiger partial charge in [0.2, 0.25) is 0 Å². The molecule has 0 bridgehead atoms. The lowest BCUT2D eigenvalue weighted by atomic mass is 9.89. The molecule has 0 aromatic heterocycles. The van der Waals surface area contributed by atoms with Gasteiger partial charge in [0, 0.05) is 0 Å². The maximum atomic E-state index is 5.53. The van der Waals surface area contributed by atoms with Crippen molar-refractivity contribution in [3.8, 4) is 0 Å². The molecule has 1 heteroatoms. The summed E-state index contributed by atoms with van der Waals surface area (Å²) in [5, 5.41) is 0. The fraction of sp³-hybridized carbons (Fsp3) is 0.913. The van der Waals surface area contributed by atoms with E-state index in [1.165, 1.54) is 115 Å². The van der Waals surface area contributed by atoms with Gasteiger partial charge in [-0.2, -0.15) is 0 Å². The van der Waals surface area contributed by atoms with Gasteiger partial charge in [0.1, 0.15) is 0 Å². The largest absolute Gasteiger partial charge is 0.330 e. The molecule has 0 saturated carbocycles. The van der Waals surface area contributed by atoms with Gasteiger partial charge < -0.3 is 5.73 Å². The number of hydrogen-bond acceptors (Lipinski definition) is 1. The Morgan fingerprint density at radius 1 is 0.667 bits per heavy atom. The highest BCUT2D eigenvalue weighted by Gasteiger charge is 2.08. The van der Waals surface area contributed by atoms with E-state index in [-0.39, 0.29) is 0 Å². The van der Waals surface area contributed by atoms with Crippen molar-refractivity contribution in [3.63, 3.8) is 0 Å². The second-order valence-corrected chi connectivity index (χ2v) is 7.81. The minimum absolute atomic E-state index is 0.852. The van der Waals surface area contributed by atoms with Gasteiger partial charge in [0.25, 0.3) is 0 Å². The second-order valence-electron chi connectivity index (χ2n) is 7.81. The van der Waals surface area contributed by atoms with Gasteiger partial charge in [-0.15, -0.1) is 0 Å². The fourth-order valence-corrected chi connectivity index (χ4v) is 3.61. The molecule has 0 aliphatic rings. The summed E-state index contributed by atoms with van der Waals surface area (Å²) in [7, 11) is 0. The third kappa shape index (κ3) is 16.6. The van der Waals surface area contributed by atoms with Crippen molar-refractivity contribution in [1.82, 2.24) is 0 Å². The first-order chi connectivity index (χ1) is 11.7. The summed E-state index contributed by atoms with van der Waals surface area (Å²) in [5.41, 5.74) is 7.03. The molecule has 0 aliphatic carbocycles. The molecule has 0 atom stereocenters. The Balaban J connectivity index is 3.71. The minimum atomic E-state index is 0.852. The van der Waals surface area contributed by atoms with Crippen LogP contribution in [0.15, 0.2) is 12.2 Å². The minimum Gasteiger partial charge on any atom is -0.330 e. The summed E-state index contributed by atoms with van der Waals surface area (Å²) in [4.78, 5) is 0. The molecule has 0 spiro atoms. The van der Waals surface area contributed by atoms with E-state index in [1.807, 2.05) is 0 Å². The van der Waals surface area contributed by atoms with Crippen LogP contribution in [0.1, 0.15) is 123 Å². The predicted octanol–water partition coefficient (Wildman–Crippen LogP) is 7.79. The normalized spacial score (nSPS) is 11.3. The predicted molar refractivity (Wildman–Crippen MR) is 112 cm³/mol. The number of unbranched alkanes of at least 4 members (excludes halogenated alkanes) is 8. The van der Waals surface area contributed by atoms with Crippen LogP contribution in [0.5, 0.6) is 0 Å². The summed E-state index contributed by atoms with van der Waals surface area (Å²) in [6.45, 7) is 9.79. The molecule has 0 aromatic carbocycles. The van der Waals surface area contributed by atoms with Crippen LogP contribution in [0.3, 0.4) is 0 Å². The van der Waals surface area contributed by atoms with Gasteiger partial charge in [-0.3, -0.25) is 0 Å². The molecule has 0 aliphatic heterocycles. The topological polar surface area (TPSA) is 26.0 Å². The van der Waals surface area contributed by atoms with Gasteiger partial charge in [0.05, 0.1) is 0 Å². The Hall–Kier alpha value is -0.300. The van der Waals surface area contributed by atoms with Crippen LogP contribution in [0.4, 0.5) is 0 Å². The van der Waals surface area contributed by atoms with Crippen LogP contribution >= 0.6 is 0 Å². The molecular formula is C23H47N. The highest BCUT2D eigenvalue weighted by molar-refractivity contribution is 4.93. The maximum absolute atomic E-state index is 5.53. The van der Waals surface area contributed by atoms with Gasteiger partial charge in [-0.25, -0.2) is 0 Å². The highest BCUT2D eigenvalue weighted by atomic mass is 14.5. The average Bonchev–Trinajstić information content (AvgIpc) is 2.58. The van der Waals surface area contributed by atoms with Crippen molar-refractivity contribution in [2.24, 2.45) is 11.7 Å². The lowest BCUT2D eigenvalue weighted by molar-refractivity contribution is 0.376. The van der Waals surface area contributed by atoms with Crippen LogP contribution in [-0.2, 0) is 0 Å². The Morgan fingerprint density at radius 3 is 1.75 bits per heavy atom. The van der Waals surface area contributed by atoms with Crippen molar-refractivity contribution in [3.05, 3.63) is 12.2 Å². The number of nitrogens with two attached hydrogens (primary N) is 1. The molecule has 0 unspecified atom stereocenters. The highest BCUT2D eigenvalue weighted by Crippen LogP contribution is 2.25. The smallest absolute Gasteiger partial charge is 0.00773 e. The molecule has 2 N–H and O–H groups in total. The lowest BCUT2D eigenvalue weighted by Gasteiger charge is -2.17. The Bertz CT molecular complexity index is 249. The fourth-order valence-electron chi connectivity index (χ4n) is 3.61. The van der Waals surface area contributed by atoms with Crippen molar-refractivity contribution >= 4 is 0 Å². The van der Waals surface area contributed by atoms with Gasteiger partial charge in [-0.1, -0.05) is 103 Å². The van der Waals surface area contributed by atoms with E-state index in [2.05, 4.69) is 20.4 Å². The summed E-state index contributed by atoms with van der Waals surface area (Å²) in [5.74, 6) is 0.979. The van der Waals surface area contributed by atoms with E-state index in [9.17, 15) is 0 Å². The van der Waals surface area contributed by atoms with E-state index in [0.29, 0.717) is 0 Å². The summed E-state index contributed by atoms with van der Waals surface area (Å²) in [6, 6.07) is 0. The standard InChI is InChI=1S/C23H47N/c1-4-6-11-18-23(19-12-7-5-2)20-15-17-22(3)16-13-9-8-10-14-21-24/h23H,3-21,24H2,1-2H3. The van der Waals surface area contributed by atoms with Crippen molar-refractivity contribution in [2.45, 2.75) is 123 Å². The third-order valence-corrected chi connectivity index (χ3v) is 5.31. The Labute approximate surface area is 153 Å². The number of rotatable bonds is 19. The Morgan fingerprint density at radius 2 is 1.17 bits per heavy atom. The van der Waals surface area contributed by atoms with E-state index in [1.54, 1.807) is 0 Å². The van der Waals surface area contributed by atoms with Crippen LogP contribution in [0.2, 0.25) is 0 Å². The molecule has 24 heavy (non-hydrogen) atoms. The second kappa shape index (κ2) is 19.0. The van der Waals surface area contributed by atoms with Gasteiger partial charge in [-0.05, 0) is 44.6 Å². The summed E-state index contributed by atoms with van der Waals surface area (Å²) in [6.07, 6.45) is 23.2. The van der Waals surface area contributed by atoms with Crippen LogP contribution in [0, 0.1) is 5.92 Å². The van der Waals surface area contributed by atoms with Gasteiger partial charge >= 0.3 is 0 Å². The maximum Gasteiger partial charge on any atom is -0.00773 e. The first-order valence-corrected chi connectivity index (χ1v) is 11.1. The molecule has 1 nitrogen and oxygen atoms in total. The number of hydrogen-bond donors (Lipinski definition) is 1. The third-order valence-electron chi connectivity index (χ3n) is 5.31. The van der Waals surface area contributed by atoms with E-state index in [4.69, 9.17) is 5.73 Å². The molecule has 0 radical (unpaired) electrons. The van der Waals surface area contributed by atoms with Crippen molar-refractivity contribution < 1.29 is 0 Å². The molecular weight excluding hydrogens is 290 g/mol. The first-order valence-electron chi connectivity index (χ1n) is 11.1. The zero-order valence-corrected chi connectivity index (χ0v) is 17.1. The zero-order chi connectivity index (χ0) is 17.9. The molecule has 0 saturated heterocycles. The van der Waals surface area contributed by atoms with Crippen LogP contribution in [-0.4, -0.2) is 6.54 Å². The molecule has 0 rings (SSSR count). The molecule has 0 fully saturated rings. The Kier molecular flexibility index (Phi) is 18.8.